The average Bonchev–Trinajstić information content (AvgIpc) is 3.31. The standard InChI is InChI=1S/C29H37N7O3/c1-21-9-11-22(12-10-21)19-35-25-8-6-5-7-24(25)31-28(35)34-17-14-23(15-18-34)33(4)27-30-16-13-26(37)36(27)20-39-29(38)32(2)3/h7-13,16,23H,5-6,14-15,17-20H2,1-4H3. The second-order valence-corrected chi connectivity index (χ2v) is 10.5. The first-order valence-corrected chi connectivity index (χ1v) is 13.5. The molecule has 0 N–H and O–H groups in total. The lowest BCUT2D eigenvalue weighted by Crippen LogP contribution is -2.46. The number of hydrogen-bond acceptors (Lipinski definition) is 7. The summed E-state index contributed by atoms with van der Waals surface area (Å²) in [7, 11) is 5.16. The maximum absolute atomic E-state index is 12.6. The second kappa shape index (κ2) is 11.3. The SMILES string of the molecule is Cc1ccc(Cn2c(N3CCC(N(C)c4nccc(=O)n4COC(=O)N(C)C)CC3)nc3c2=CCCC=3)cc1. The highest BCUT2D eigenvalue weighted by Crippen LogP contribution is 2.23. The second-order valence-electron chi connectivity index (χ2n) is 10.5. The number of anilines is 2. The summed E-state index contributed by atoms with van der Waals surface area (Å²) in [5, 5.41) is 2.29. The molecule has 0 spiro atoms. The Bertz CT molecular complexity index is 1500. The van der Waals surface area contributed by atoms with Gasteiger partial charge in [-0.1, -0.05) is 42.0 Å². The van der Waals surface area contributed by atoms with E-state index >= 15 is 0 Å². The van der Waals surface area contributed by atoms with Gasteiger partial charge in [-0.3, -0.25) is 4.79 Å². The molecule has 5 rings (SSSR count). The Morgan fingerprint density at radius 2 is 1.74 bits per heavy atom. The van der Waals surface area contributed by atoms with Gasteiger partial charge in [0.15, 0.2) is 6.73 Å². The van der Waals surface area contributed by atoms with E-state index in [1.54, 1.807) is 14.1 Å². The average molecular weight is 532 g/mol. The van der Waals surface area contributed by atoms with Crippen LogP contribution in [0, 0.1) is 6.92 Å². The maximum atomic E-state index is 12.6. The lowest BCUT2D eigenvalue weighted by atomic mass is 10.0. The Balaban J connectivity index is 1.33. The number of amides is 1. The largest absolute Gasteiger partial charge is 0.427 e. The summed E-state index contributed by atoms with van der Waals surface area (Å²) in [5.41, 5.74) is 2.26. The van der Waals surface area contributed by atoms with Crippen LogP contribution in [0.4, 0.5) is 16.7 Å². The van der Waals surface area contributed by atoms with Crippen LogP contribution in [0.2, 0.25) is 0 Å². The fourth-order valence-electron chi connectivity index (χ4n) is 5.24. The van der Waals surface area contributed by atoms with Crippen molar-refractivity contribution in [2.24, 2.45) is 0 Å². The topological polar surface area (TPSA) is 88.7 Å². The van der Waals surface area contributed by atoms with Gasteiger partial charge in [0.25, 0.3) is 5.56 Å². The van der Waals surface area contributed by atoms with Crippen LogP contribution in [0.1, 0.15) is 36.8 Å². The van der Waals surface area contributed by atoms with Crippen molar-refractivity contribution in [3.8, 4) is 0 Å². The Morgan fingerprint density at radius 1 is 1.03 bits per heavy atom. The van der Waals surface area contributed by atoms with Gasteiger partial charge < -0.3 is 24.0 Å². The molecule has 1 aliphatic heterocycles. The minimum Gasteiger partial charge on any atom is -0.427 e. The zero-order chi connectivity index (χ0) is 27.5. The number of carbonyl (C=O) groups is 1. The first kappa shape index (κ1) is 26.5. The van der Waals surface area contributed by atoms with Crippen molar-refractivity contribution >= 4 is 30.1 Å². The minimum absolute atomic E-state index is 0.180. The quantitative estimate of drug-likeness (QED) is 0.460. The molecular formula is C29H37N7O3. The van der Waals surface area contributed by atoms with Gasteiger partial charge in [0.05, 0.1) is 17.2 Å². The highest BCUT2D eigenvalue weighted by Gasteiger charge is 2.28. The monoisotopic (exact) mass is 531 g/mol. The Hall–Kier alpha value is -4.08. The van der Waals surface area contributed by atoms with Crippen LogP contribution in [0.15, 0.2) is 41.3 Å². The number of rotatable bonds is 7. The number of fused-ring (bicyclic) bond motifs is 1. The van der Waals surface area contributed by atoms with E-state index in [4.69, 9.17) is 9.72 Å². The molecule has 3 heterocycles. The van der Waals surface area contributed by atoms with Crippen LogP contribution in [0.5, 0.6) is 0 Å². The van der Waals surface area contributed by atoms with Crippen molar-refractivity contribution in [2.75, 3.05) is 44.0 Å². The highest BCUT2D eigenvalue weighted by atomic mass is 16.6. The summed E-state index contributed by atoms with van der Waals surface area (Å²) in [6.07, 6.45) is 9.38. The van der Waals surface area contributed by atoms with Gasteiger partial charge in [0.1, 0.15) is 0 Å². The van der Waals surface area contributed by atoms with Crippen LogP contribution >= 0.6 is 0 Å². The van der Waals surface area contributed by atoms with Crippen molar-refractivity contribution in [1.82, 2.24) is 24.0 Å². The molecule has 0 bridgehead atoms. The fourth-order valence-corrected chi connectivity index (χ4v) is 5.24. The molecule has 39 heavy (non-hydrogen) atoms. The molecule has 1 fully saturated rings. The molecule has 3 aromatic rings. The summed E-state index contributed by atoms with van der Waals surface area (Å²) in [4.78, 5) is 39.9. The third-order valence-corrected chi connectivity index (χ3v) is 7.53. The number of imidazole rings is 1. The summed E-state index contributed by atoms with van der Waals surface area (Å²) in [5.74, 6) is 1.51. The number of aryl methyl sites for hydroxylation is 1. The number of aromatic nitrogens is 4. The molecule has 2 aromatic heterocycles. The Labute approximate surface area is 228 Å². The van der Waals surface area contributed by atoms with E-state index in [-0.39, 0.29) is 18.3 Å². The molecule has 0 atom stereocenters. The highest BCUT2D eigenvalue weighted by molar-refractivity contribution is 5.66. The predicted octanol–water partition coefficient (Wildman–Crippen LogP) is 1.91. The van der Waals surface area contributed by atoms with Crippen LogP contribution < -0.4 is 26.1 Å². The molecule has 1 aliphatic carbocycles. The first-order chi connectivity index (χ1) is 18.8. The number of ether oxygens (including phenoxy) is 1. The van der Waals surface area contributed by atoms with Crippen molar-refractivity contribution in [2.45, 2.75) is 51.9 Å². The van der Waals surface area contributed by atoms with E-state index in [2.05, 4.69) is 57.8 Å². The molecule has 0 saturated carbocycles. The summed E-state index contributed by atoms with van der Waals surface area (Å²) < 4.78 is 9.05. The van der Waals surface area contributed by atoms with Gasteiger partial charge >= 0.3 is 6.09 Å². The maximum Gasteiger partial charge on any atom is 0.410 e. The van der Waals surface area contributed by atoms with Crippen molar-refractivity contribution < 1.29 is 9.53 Å². The van der Waals surface area contributed by atoms with Gasteiger partial charge in [-0.2, -0.15) is 0 Å². The van der Waals surface area contributed by atoms with Crippen LogP contribution in [0.25, 0.3) is 12.2 Å². The Kier molecular flexibility index (Phi) is 7.72. The van der Waals surface area contributed by atoms with E-state index < -0.39 is 6.09 Å². The molecule has 10 heteroatoms. The van der Waals surface area contributed by atoms with Crippen molar-refractivity contribution in [1.29, 1.82) is 0 Å². The lowest BCUT2D eigenvalue weighted by Gasteiger charge is -2.38. The van der Waals surface area contributed by atoms with E-state index in [0.29, 0.717) is 5.95 Å². The van der Waals surface area contributed by atoms with Crippen LogP contribution in [0.3, 0.4) is 0 Å². The molecule has 1 amide bonds. The number of nitrogens with zero attached hydrogens (tertiary/aromatic N) is 7. The smallest absolute Gasteiger partial charge is 0.410 e. The predicted molar refractivity (Wildman–Crippen MR) is 152 cm³/mol. The molecular weight excluding hydrogens is 494 g/mol. The van der Waals surface area contributed by atoms with Gasteiger partial charge in [-0.05, 0) is 38.2 Å². The first-order valence-electron chi connectivity index (χ1n) is 13.5. The summed E-state index contributed by atoms with van der Waals surface area (Å²) >= 11 is 0. The normalized spacial score (nSPS) is 15.2. The van der Waals surface area contributed by atoms with Crippen LogP contribution in [-0.4, -0.2) is 70.4 Å². The van der Waals surface area contributed by atoms with E-state index in [0.717, 1.165) is 56.6 Å². The number of carbonyl (C=O) groups excluding carboxylic acids is 1. The Morgan fingerprint density at radius 3 is 2.46 bits per heavy atom. The number of benzene rings is 1. The van der Waals surface area contributed by atoms with Gasteiger partial charge in [0, 0.05) is 52.5 Å². The number of piperidine rings is 1. The summed E-state index contributed by atoms with van der Waals surface area (Å²) in [6, 6.07) is 10.3. The third kappa shape index (κ3) is 5.69. The van der Waals surface area contributed by atoms with Crippen LogP contribution in [-0.2, 0) is 18.0 Å². The molecule has 1 aromatic carbocycles. The van der Waals surface area contributed by atoms with Crippen molar-refractivity contribution in [3.05, 3.63) is 68.7 Å². The van der Waals surface area contributed by atoms with E-state index in [9.17, 15) is 9.59 Å². The van der Waals surface area contributed by atoms with E-state index in [1.165, 1.54) is 38.2 Å². The third-order valence-electron chi connectivity index (χ3n) is 7.53. The molecule has 206 valence electrons. The molecule has 0 unspecified atom stereocenters. The van der Waals surface area contributed by atoms with E-state index in [1.807, 2.05) is 11.9 Å². The molecule has 2 aliphatic rings. The van der Waals surface area contributed by atoms with Gasteiger partial charge in [-0.15, -0.1) is 0 Å². The lowest BCUT2D eigenvalue weighted by molar-refractivity contribution is 0.0876. The molecule has 10 nitrogen and oxygen atoms in total. The van der Waals surface area contributed by atoms with Gasteiger partial charge in [-0.25, -0.2) is 19.3 Å². The fraction of sp³-hybridized carbons (Fsp3) is 0.448. The number of hydrogen-bond donors (Lipinski definition) is 0. The van der Waals surface area contributed by atoms with Crippen molar-refractivity contribution in [3.63, 3.8) is 0 Å². The zero-order valence-electron chi connectivity index (χ0n) is 23.2. The molecule has 1 saturated heterocycles. The molecule has 0 radical (unpaired) electrons. The minimum atomic E-state index is -0.508. The van der Waals surface area contributed by atoms with Gasteiger partial charge in [0.2, 0.25) is 11.9 Å². The summed E-state index contributed by atoms with van der Waals surface area (Å²) in [6.45, 7) is 4.39. The zero-order valence-corrected chi connectivity index (χ0v) is 23.2.